The van der Waals surface area contributed by atoms with E-state index in [-0.39, 0.29) is 18.9 Å². The molecule has 0 atom stereocenters. The fourth-order valence-corrected chi connectivity index (χ4v) is 2.71. The molecule has 0 saturated carbocycles. The molecule has 0 aliphatic heterocycles. The molecule has 0 radical (unpaired) electrons. The number of aliphatic hydroxyl groups excluding tert-OH is 1. The number of nitrogens with zero attached hydrogens (tertiary/aromatic N) is 2. The quantitative estimate of drug-likeness (QED) is 0.823. The Morgan fingerprint density at radius 2 is 2.17 bits per heavy atom. The second-order valence-electron chi connectivity index (χ2n) is 3.97. The molecule has 0 aliphatic rings. The second kappa shape index (κ2) is 6.50. The summed E-state index contributed by atoms with van der Waals surface area (Å²) in [6.07, 6.45) is 0.411. The molecular weight excluding hydrogens is 252 g/mol. The van der Waals surface area contributed by atoms with Crippen LogP contribution >= 0.6 is 0 Å². The third-order valence-electron chi connectivity index (χ3n) is 2.51. The van der Waals surface area contributed by atoms with Gasteiger partial charge in [-0.2, -0.15) is 5.26 Å². The van der Waals surface area contributed by atoms with E-state index in [1.54, 1.807) is 24.3 Å². The molecule has 5 nitrogen and oxygen atoms in total. The molecule has 0 unspecified atom stereocenters. The van der Waals surface area contributed by atoms with E-state index < -0.39 is 10.0 Å². The zero-order valence-electron chi connectivity index (χ0n) is 10.2. The Morgan fingerprint density at radius 1 is 1.44 bits per heavy atom. The highest BCUT2D eigenvalue weighted by atomic mass is 32.2. The van der Waals surface area contributed by atoms with Gasteiger partial charge < -0.3 is 5.11 Å². The fraction of sp³-hybridized carbons (Fsp3) is 0.417. The Bertz CT molecular complexity index is 534. The van der Waals surface area contributed by atoms with Crippen molar-refractivity contribution < 1.29 is 13.5 Å². The summed E-state index contributed by atoms with van der Waals surface area (Å²) < 4.78 is 25.2. The monoisotopic (exact) mass is 268 g/mol. The van der Waals surface area contributed by atoms with Gasteiger partial charge in [-0.3, -0.25) is 0 Å². The Labute approximate surface area is 107 Å². The van der Waals surface area contributed by atoms with Gasteiger partial charge in [0, 0.05) is 20.2 Å². The highest BCUT2D eigenvalue weighted by molar-refractivity contribution is 7.88. The van der Waals surface area contributed by atoms with Crippen LogP contribution in [-0.4, -0.2) is 38.0 Å². The zero-order chi connectivity index (χ0) is 13.6. The smallest absolute Gasteiger partial charge is 0.218 e. The van der Waals surface area contributed by atoms with Gasteiger partial charge >= 0.3 is 0 Å². The van der Waals surface area contributed by atoms with Crippen molar-refractivity contribution in [3.63, 3.8) is 0 Å². The summed E-state index contributed by atoms with van der Waals surface area (Å²) in [5.41, 5.74) is 1.03. The average Bonchev–Trinajstić information content (AvgIpc) is 2.35. The summed E-state index contributed by atoms with van der Waals surface area (Å²) in [5, 5.41) is 17.4. The van der Waals surface area contributed by atoms with Crippen molar-refractivity contribution in [1.82, 2.24) is 4.31 Å². The summed E-state index contributed by atoms with van der Waals surface area (Å²) in [4.78, 5) is 0. The van der Waals surface area contributed by atoms with E-state index in [9.17, 15) is 8.42 Å². The SMILES string of the molecule is CN(CCCO)S(=O)(=O)Cc1cccc(C#N)c1. The molecule has 6 heteroatoms. The highest BCUT2D eigenvalue weighted by Gasteiger charge is 2.18. The van der Waals surface area contributed by atoms with Crippen molar-refractivity contribution in [2.24, 2.45) is 0 Å². The van der Waals surface area contributed by atoms with Crippen LogP contribution in [0.5, 0.6) is 0 Å². The van der Waals surface area contributed by atoms with Gasteiger partial charge in [0.2, 0.25) is 10.0 Å². The molecule has 0 aromatic heterocycles. The predicted octanol–water partition coefficient (Wildman–Crippen LogP) is 0.702. The van der Waals surface area contributed by atoms with E-state index in [4.69, 9.17) is 10.4 Å². The Balaban J connectivity index is 2.79. The van der Waals surface area contributed by atoms with Gasteiger partial charge in [0.1, 0.15) is 0 Å². The Kier molecular flexibility index (Phi) is 5.28. The molecule has 1 N–H and O–H groups in total. The number of sulfonamides is 1. The van der Waals surface area contributed by atoms with Gasteiger partial charge in [-0.15, -0.1) is 0 Å². The highest BCUT2D eigenvalue weighted by Crippen LogP contribution is 2.11. The third-order valence-corrected chi connectivity index (χ3v) is 4.34. The van der Waals surface area contributed by atoms with Crippen LogP contribution in [0.1, 0.15) is 17.5 Å². The van der Waals surface area contributed by atoms with Crippen molar-refractivity contribution >= 4 is 10.0 Å². The largest absolute Gasteiger partial charge is 0.396 e. The van der Waals surface area contributed by atoms with Crippen LogP contribution in [0.2, 0.25) is 0 Å². The minimum Gasteiger partial charge on any atom is -0.396 e. The number of benzene rings is 1. The first-order chi connectivity index (χ1) is 8.49. The number of nitriles is 1. The predicted molar refractivity (Wildman–Crippen MR) is 68.1 cm³/mol. The lowest BCUT2D eigenvalue weighted by molar-refractivity contribution is 0.275. The number of hydrogen-bond acceptors (Lipinski definition) is 4. The van der Waals surface area contributed by atoms with Crippen LogP contribution in [-0.2, 0) is 15.8 Å². The van der Waals surface area contributed by atoms with Crippen LogP contribution in [0.25, 0.3) is 0 Å². The van der Waals surface area contributed by atoms with Crippen molar-refractivity contribution in [3.8, 4) is 6.07 Å². The van der Waals surface area contributed by atoms with E-state index in [0.717, 1.165) is 0 Å². The molecule has 0 spiro atoms. The normalized spacial score (nSPS) is 11.4. The summed E-state index contributed by atoms with van der Waals surface area (Å²) in [5.74, 6) is -0.134. The van der Waals surface area contributed by atoms with Crippen molar-refractivity contribution in [2.45, 2.75) is 12.2 Å². The third kappa shape index (κ3) is 4.11. The Morgan fingerprint density at radius 3 is 2.78 bits per heavy atom. The van der Waals surface area contributed by atoms with Crippen LogP contribution in [0.3, 0.4) is 0 Å². The molecule has 1 rings (SSSR count). The molecule has 1 aromatic carbocycles. The maximum atomic E-state index is 12.0. The van der Waals surface area contributed by atoms with Crippen LogP contribution < -0.4 is 0 Å². The maximum Gasteiger partial charge on any atom is 0.218 e. The lowest BCUT2D eigenvalue weighted by Gasteiger charge is -2.16. The lowest BCUT2D eigenvalue weighted by Crippen LogP contribution is -2.29. The summed E-state index contributed by atoms with van der Waals surface area (Å²) in [6.45, 7) is 0.251. The van der Waals surface area contributed by atoms with Gasteiger partial charge in [0.15, 0.2) is 0 Å². The lowest BCUT2D eigenvalue weighted by atomic mass is 10.2. The van der Waals surface area contributed by atoms with E-state index in [0.29, 0.717) is 17.5 Å². The first kappa shape index (κ1) is 14.6. The molecule has 0 bridgehead atoms. The summed E-state index contributed by atoms with van der Waals surface area (Å²) in [7, 11) is -1.91. The number of hydrogen-bond donors (Lipinski definition) is 1. The standard InChI is InChI=1S/C12H16N2O3S/c1-14(6-3-7-15)18(16,17)10-12-5-2-4-11(8-12)9-13/h2,4-5,8,15H,3,6-7,10H2,1H3. The minimum absolute atomic E-state index is 0.0379. The average molecular weight is 268 g/mol. The van der Waals surface area contributed by atoms with Gasteiger partial charge in [-0.25, -0.2) is 12.7 Å². The molecule has 98 valence electrons. The van der Waals surface area contributed by atoms with Gasteiger partial charge in [0.25, 0.3) is 0 Å². The van der Waals surface area contributed by atoms with Crippen LogP contribution in [0.15, 0.2) is 24.3 Å². The molecule has 0 amide bonds. The van der Waals surface area contributed by atoms with E-state index >= 15 is 0 Å². The first-order valence-electron chi connectivity index (χ1n) is 5.53. The minimum atomic E-state index is -3.40. The number of rotatable bonds is 6. The molecule has 0 heterocycles. The van der Waals surface area contributed by atoms with E-state index in [1.165, 1.54) is 11.4 Å². The summed E-state index contributed by atoms with van der Waals surface area (Å²) in [6, 6.07) is 8.52. The van der Waals surface area contributed by atoms with E-state index in [1.807, 2.05) is 6.07 Å². The second-order valence-corrected chi connectivity index (χ2v) is 6.04. The maximum absolute atomic E-state index is 12.0. The van der Waals surface area contributed by atoms with Crippen molar-refractivity contribution in [2.75, 3.05) is 20.2 Å². The van der Waals surface area contributed by atoms with E-state index in [2.05, 4.69) is 0 Å². The molecule has 18 heavy (non-hydrogen) atoms. The van der Waals surface area contributed by atoms with Crippen molar-refractivity contribution in [3.05, 3.63) is 35.4 Å². The molecule has 1 aromatic rings. The van der Waals surface area contributed by atoms with Gasteiger partial charge in [-0.05, 0) is 24.1 Å². The Hall–Kier alpha value is -1.42. The first-order valence-corrected chi connectivity index (χ1v) is 7.14. The molecular formula is C12H16N2O3S. The molecule has 0 aliphatic carbocycles. The molecule has 0 saturated heterocycles. The zero-order valence-corrected chi connectivity index (χ0v) is 11.0. The van der Waals surface area contributed by atoms with Gasteiger partial charge in [-0.1, -0.05) is 12.1 Å². The summed E-state index contributed by atoms with van der Waals surface area (Å²) >= 11 is 0. The molecule has 0 fully saturated rings. The van der Waals surface area contributed by atoms with Crippen LogP contribution in [0, 0.1) is 11.3 Å². The van der Waals surface area contributed by atoms with Crippen molar-refractivity contribution in [1.29, 1.82) is 5.26 Å². The fourth-order valence-electron chi connectivity index (χ4n) is 1.48. The van der Waals surface area contributed by atoms with Crippen LogP contribution in [0.4, 0.5) is 0 Å². The topological polar surface area (TPSA) is 81.4 Å². The van der Waals surface area contributed by atoms with Gasteiger partial charge in [0.05, 0.1) is 17.4 Å². The number of aliphatic hydroxyl groups is 1.